The van der Waals surface area contributed by atoms with Gasteiger partial charge in [0.2, 0.25) is 0 Å². The standard InChI is InChI=1S/C18H20N2O6S2/c1-11-9-15(27-16(11)18(22)23)28(24,25)20-14-7-3-2-6-13(14)17(21)19-10-12-5-4-8-26-12/h2-3,6-7,9,12,20H,4-5,8,10H2,1H3,(H,19,21)(H,22,23)/t12-/m0/s1. The molecular formula is C18H20N2O6S2. The van der Waals surface area contributed by atoms with E-state index in [2.05, 4.69) is 10.0 Å². The number of para-hydroxylation sites is 1. The number of carbonyl (C=O) groups excluding carboxylic acids is 1. The minimum absolute atomic E-state index is 0.0312. The van der Waals surface area contributed by atoms with Gasteiger partial charge in [0.25, 0.3) is 15.9 Å². The number of ether oxygens (including phenoxy) is 1. The third-order valence-corrected chi connectivity index (χ3v) is 7.35. The van der Waals surface area contributed by atoms with Gasteiger partial charge >= 0.3 is 5.97 Å². The first-order valence-corrected chi connectivity index (χ1v) is 10.9. The molecule has 1 saturated heterocycles. The number of benzene rings is 1. The van der Waals surface area contributed by atoms with Crippen LogP contribution in [0.4, 0.5) is 5.69 Å². The number of sulfonamides is 1. The molecule has 3 rings (SSSR count). The number of nitrogens with one attached hydrogen (secondary N) is 2. The zero-order chi connectivity index (χ0) is 20.3. The second kappa shape index (κ2) is 8.29. The van der Waals surface area contributed by atoms with Gasteiger partial charge in [-0.15, -0.1) is 11.3 Å². The van der Waals surface area contributed by atoms with Gasteiger partial charge in [0.15, 0.2) is 0 Å². The van der Waals surface area contributed by atoms with Gasteiger partial charge in [-0.3, -0.25) is 9.52 Å². The highest BCUT2D eigenvalue weighted by Crippen LogP contribution is 2.28. The van der Waals surface area contributed by atoms with Crippen LogP contribution in [0, 0.1) is 6.92 Å². The molecule has 2 aromatic rings. The molecule has 10 heteroatoms. The largest absolute Gasteiger partial charge is 0.477 e. The average Bonchev–Trinajstić information content (AvgIpc) is 3.29. The Hall–Kier alpha value is -2.43. The first kappa shape index (κ1) is 20.3. The number of amides is 1. The summed E-state index contributed by atoms with van der Waals surface area (Å²) in [6.45, 7) is 2.56. The lowest BCUT2D eigenvalue weighted by atomic mass is 10.1. The Morgan fingerprint density at radius 2 is 2.07 bits per heavy atom. The van der Waals surface area contributed by atoms with E-state index in [4.69, 9.17) is 9.84 Å². The Balaban J connectivity index is 1.79. The minimum Gasteiger partial charge on any atom is -0.477 e. The van der Waals surface area contributed by atoms with E-state index >= 15 is 0 Å². The third kappa shape index (κ3) is 4.51. The molecule has 0 bridgehead atoms. The van der Waals surface area contributed by atoms with Crippen LogP contribution in [0.15, 0.2) is 34.5 Å². The fourth-order valence-electron chi connectivity index (χ4n) is 2.87. The minimum atomic E-state index is -4.03. The summed E-state index contributed by atoms with van der Waals surface area (Å²) in [5.74, 6) is -1.60. The molecule has 0 unspecified atom stereocenters. The average molecular weight is 425 g/mol. The lowest BCUT2D eigenvalue weighted by Crippen LogP contribution is -2.32. The number of aromatic carboxylic acids is 1. The number of anilines is 1. The monoisotopic (exact) mass is 424 g/mol. The third-order valence-electron chi connectivity index (χ3n) is 4.28. The maximum absolute atomic E-state index is 12.7. The second-order valence-electron chi connectivity index (χ2n) is 6.38. The van der Waals surface area contributed by atoms with Crippen LogP contribution in [0.1, 0.15) is 38.4 Å². The Morgan fingerprint density at radius 3 is 2.71 bits per heavy atom. The van der Waals surface area contributed by atoms with E-state index in [1.165, 1.54) is 25.1 Å². The number of thiophene rings is 1. The summed E-state index contributed by atoms with van der Waals surface area (Å²) in [6, 6.07) is 7.55. The predicted molar refractivity (Wildman–Crippen MR) is 105 cm³/mol. The van der Waals surface area contributed by atoms with Crippen LogP contribution in [0.3, 0.4) is 0 Å². The zero-order valence-electron chi connectivity index (χ0n) is 15.1. The predicted octanol–water partition coefficient (Wildman–Crippen LogP) is 2.46. The van der Waals surface area contributed by atoms with E-state index in [9.17, 15) is 18.0 Å². The molecule has 0 saturated carbocycles. The number of carboxylic acid groups (broad SMARTS) is 1. The van der Waals surface area contributed by atoms with Crippen LogP contribution >= 0.6 is 11.3 Å². The van der Waals surface area contributed by atoms with Crippen LogP contribution < -0.4 is 10.0 Å². The SMILES string of the molecule is Cc1cc(S(=O)(=O)Nc2ccccc2C(=O)NC[C@@H]2CCCO2)sc1C(=O)O. The van der Waals surface area contributed by atoms with Gasteiger partial charge in [0.1, 0.15) is 9.09 Å². The molecule has 0 spiro atoms. The van der Waals surface area contributed by atoms with Crippen LogP contribution in [0.5, 0.6) is 0 Å². The second-order valence-corrected chi connectivity index (χ2v) is 9.34. The number of hydrogen-bond acceptors (Lipinski definition) is 6. The van der Waals surface area contributed by atoms with Crippen molar-refractivity contribution in [1.82, 2.24) is 5.32 Å². The van der Waals surface area contributed by atoms with E-state index < -0.39 is 21.9 Å². The van der Waals surface area contributed by atoms with Gasteiger partial charge in [-0.25, -0.2) is 13.2 Å². The van der Waals surface area contributed by atoms with Gasteiger partial charge < -0.3 is 15.2 Å². The van der Waals surface area contributed by atoms with E-state index in [1.807, 2.05) is 0 Å². The summed E-state index contributed by atoms with van der Waals surface area (Å²) in [7, 11) is -4.03. The number of carboxylic acids is 1. The molecule has 150 valence electrons. The number of aryl methyl sites for hydroxylation is 1. The summed E-state index contributed by atoms with van der Waals surface area (Å²) < 4.78 is 33.1. The van der Waals surface area contributed by atoms with Crippen LogP contribution in [0.2, 0.25) is 0 Å². The normalized spacial score (nSPS) is 16.7. The molecular weight excluding hydrogens is 404 g/mol. The molecule has 1 atom stereocenters. The maximum atomic E-state index is 12.7. The topological polar surface area (TPSA) is 122 Å². The van der Waals surface area contributed by atoms with E-state index in [0.29, 0.717) is 30.1 Å². The van der Waals surface area contributed by atoms with E-state index in [-0.39, 0.29) is 26.4 Å². The fourth-order valence-corrected chi connectivity index (χ4v) is 5.33. The molecule has 1 fully saturated rings. The van der Waals surface area contributed by atoms with Crippen LogP contribution in [-0.2, 0) is 14.8 Å². The first-order chi connectivity index (χ1) is 13.3. The summed E-state index contributed by atoms with van der Waals surface area (Å²) in [5.41, 5.74) is 0.659. The van der Waals surface area contributed by atoms with Gasteiger partial charge in [-0.2, -0.15) is 0 Å². The first-order valence-electron chi connectivity index (χ1n) is 8.63. The van der Waals surface area contributed by atoms with Crippen molar-refractivity contribution in [2.75, 3.05) is 17.9 Å². The van der Waals surface area contributed by atoms with Gasteiger partial charge in [-0.1, -0.05) is 12.1 Å². The lowest BCUT2D eigenvalue weighted by molar-refractivity contribution is 0.0701. The van der Waals surface area contributed by atoms with Gasteiger partial charge in [0, 0.05) is 13.2 Å². The van der Waals surface area contributed by atoms with Crippen molar-refractivity contribution in [1.29, 1.82) is 0 Å². The number of carbonyl (C=O) groups is 2. The molecule has 1 amide bonds. The van der Waals surface area contributed by atoms with E-state index in [0.717, 1.165) is 12.8 Å². The smallest absolute Gasteiger partial charge is 0.346 e. The van der Waals surface area contributed by atoms with E-state index in [1.54, 1.807) is 12.1 Å². The quantitative estimate of drug-likeness (QED) is 0.628. The molecule has 8 nitrogen and oxygen atoms in total. The van der Waals surface area contributed by atoms with Crippen molar-refractivity contribution >= 4 is 38.9 Å². The van der Waals surface area contributed by atoms with Crippen LogP contribution in [-0.4, -0.2) is 44.7 Å². The Bertz CT molecular complexity index is 993. The van der Waals surface area contributed by atoms with Crippen molar-refractivity contribution in [3.05, 3.63) is 46.3 Å². The Kier molecular flexibility index (Phi) is 6.01. The summed E-state index contributed by atoms with van der Waals surface area (Å²) in [6.07, 6.45) is 1.80. The number of hydrogen-bond donors (Lipinski definition) is 3. The molecule has 1 aliphatic heterocycles. The van der Waals surface area contributed by atoms with Crippen LogP contribution in [0.25, 0.3) is 0 Å². The fraction of sp³-hybridized carbons (Fsp3) is 0.333. The highest BCUT2D eigenvalue weighted by Gasteiger charge is 2.24. The molecule has 1 aromatic heterocycles. The Morgan fingerprint density at radius 1 is 1.32 bits per heavy atom. The maximum Gasteiger partial charge on any atom is 0.346 e. The summed E-state index contributed by atoms with van der Waals surface area (Å²) >= 11 is 0.668. The van der Waals surface area contributed by atoms with Gasteiger partial charge in [-0.05, 0) is 43.5 Å². The molecule has 0 radical (unpaired) electrons. The molecule has 3 N–H and O–H groups in total. The molecule has 1 aromatic carbocycles. The molecule has 1 aliphatic rings. The van der Waals surface area contributed by atoms with Crippen molar-refractivity contribution in [2.45, 2.75) is 30.1 Å². The Labute approximate surface area is 166 Å². The van der Waals surface area contributed by atoms with Crippen molar-refractivity contribution in [3.8, 4) is 0 Å². The number of rotatable bonds is 7. The molecule has 0 aliphatic carbocycles. The highest BCUT2D eigenvalue weighted by atomic mass is 32.2. The lowest BCUT2D eigenvalue weighted by Gasteiger charge is -2.14. The summed E-state index contributed by atoms with van der Waals surface area (Å²) in [5, 5.41) is 11.9. The zero-order valence-corrected chi connectivity index (χ0v) is 16.7. The highest BCUT2D eigenvalue weighted by molar-refractivity contribution is 7.94. The van der Waals surface area contributed by atoms with Crippen molar-refractivity contribution < 1.29 is 27.9 Å². The molecule has 28 heavy (non-hydrogen) atoms. The molecule has 2 heterocycles. The summed E-state index contributed by atoms with van der Waals surface area (Å²) in [4.78, 5) is 23.7. The van der Waals surface area contributed by atoms with Gasteiger partial charge in [0.05, 0.1) is 17.4 Å². The van der Waals surface area contributed by atoms with Crippen molar-refractivity contribution in [2.24, 2.45) is 0 Å². The van der Waals surface area contributed by atoms with Crippen molar-refractivity contribution in [3.63, 3.8) is 0 Å².